The molecule has 0 rings (SSSR count). The van der Waals surface area contributed by atoms with E-state index >= 15 is 0 Å². The Kier molecular flexibility index (Phi) is 8.18. The van der Waals surface area contributed by atoms with Gasteiger partial charge in [0.05, 0.1) is 13.2 Å². The first-order valence-electron chi connectivity index (χ1n) is 6.16. The van der Waals surface area contributed by atoms with Crippen LogP contribution in [0.25, 0.3) is 0 Å². The minimum Gasteiger partial charge on any atom is -0.466 e. The lowest BCUT2D eigenvalue weighted by Crippen LogP contribution is -2.19. The van der Waals surface area contributed by atoms with Crippen molar-refractivity contribution in [1.29, 1.82) is 0 Å². The van der Waals surface area contributed by atoms with Gasteiger partial charge in [-0.05, 0) is 26.2 Å². The molecule has 0 saturated carbocycles. The second-order valence-corrected chi connectivity index (χ2v) is 4.04. The molecule has 0 saturated heterocycles. The summed E-state index contributed by atoms with van der Waals surface area (Å²) in [5.41, 5.74) is 0. The monoisotopic (exact) mass is 284 g/mol. The van der Waals surface area contributed by atoms with Gasteiger partial charge >= 0.3 is 18.1 Å². The Morgan fingerprint density at radius 3 is 1.74 bits per heavy atom. The van der Waals surface area contributed by atoms with Crippen LogP contribution in [0.4, 0.5) is 13.2 Å². The van der Waals surface area contributed by atoms with Crippen molar-refractivity contribution >= 4 is 11.9 Å². The van der Waals surface area contributed by atoms with E-state index in [0.717, 1.165) is 0 Å². The van der Waals surface area contributed by atoms with E-state index in [1.807, 2.05) is 0 Å². The maximum absolute atomic E-state index is 12.2. The zero-order valence-corrected chi connectivity index (χ0v) is 11.1. The average molecular weight is 284 g/mol. The van der Waals surface area contributed by atoms with Gasteiger partial charge in [0, 0.05) is 19.3 Å². The number of hydrogen-bond acceptors (Lipinski definition) is 4. The summed E-state index contributed by atoms with van der Waals surface area (Å²) in [6.45, 7) is 3.52. The van der Waals surface area contributed by atoms with Gasteiger partial charge in [0.1, 0.15) is 0 Å². The van der Waals surface area contributed by atoms with Crippen molar-refractivity contribution in [3.8, 4) is 0 Å². The fourth-order valence-corrected chi connectivity index (χ4v) is 1.56. The van der Waals surface area contributed by atoms with E-state index in [1.165, 1.54) is 0 Å². The number of carbonyl (C=O) groups excluding carboxylic acids is 2. The van der Waals surface area contributed by atoms with Crippen molar-refractivity contribution in [1.82, 2.24) is 0 Å². The minimum atomic E-state index is -4.30. The standard InChI is InChI=1S/C12H19F3O4/c1-3-18-10(16)7-9(5-6-12(13,14)15)8-11(17)19-4-2/h9H,3-8H2,1-2H3. The number of alkyl halides is 3. The molecule has 0 unspecified atom stereocenters. The van der Waals surface area contributed by atoms with Gasteiger partial charge in [-0.15, -0.1) is 0 Å². The third kappa shape index (κ3) is 10.3. The van der Waals surface area contributed by atoms with Crippen LogP contribution in [-0.2, 0) is 19.1 Å². The minimum absolute atomic E-state index is 0.157. The van der Waals surface area contributed by atoms with E-state index in [1.54, 1.807) is 13.8 Å². The largest absolute Gasteiger partial charge is 0.466 e. The van der Waals surface area contributed by atoms with E-state index in [4.69, 9.17) is 0 Å². The highest BCUT2D eigenvalue weighted by molar-refractivity contribution is 5.73. The maximum Gasteiger partial charge on any atom is 0.389 e. The molecule has 0 amide bonds. The molecule has 0 fully saturated rings. The molecular weight excluding hydrogens is 265 g/mol. The molecule has 0 radical (unpaired) electrons. The Morgan fingerprint density at radius 1 is 1.00 bits per heavy atom. The quantitative estimate of drug-likeness (QED) is 0.643. The lowest BCUT2D eigenvalue weighted by molar-refractivity contribution is -0.151. The maximum atomic E-state index is 12.2. The first kappa shape index (κ1) is 17.7. The van der Waals surface area contributed by atoms with Crippen molar-refractivity contribution < 1.29 is 32.2 Å². The van der Waals surface area contributed by atoms with Gasteiger partial charge in [-0.2, -0.15) is 13.2 Å². The van der Waals surface area contributed by atoms with E-state index < -0.39 is 30.5 Å². The number of carbonyl (C=O) groups is 2. The molecule has 0 aromatic heterocycles. The molecule has 0 aromatic carbocycles. The summed E-state index contributed by atoms with van der Waals surface area (Å²) in [5.74, 6) is -1.90. The summed E-state index contributed by atoms with van der Waals surface area (Å²) in [7, 11) is 0. The van der Waals surface area contributed by atoms with E-state index in [-0.39, 0.29) is 32.5 Å². The average Bonchev–Trinajstić information content (AvgIpc) is 2.25. The second kappa shape index (κ2) is 8.77. The normalized spacial score (nSPS) is 11.5. The number of ether oxygens (including phenoxy) is 2. The molecule has 0 heterocycles. The van der Waals surface area contributed by atoms with Crippen molar-refractivity contribution in [2.24, 2.45) is 5.92 Å². The number of esters is 2. The molecule has 0 aliphatic carbocycles. The molecule has 19 heavy (non-hydrogen) atoms. The van der Waals surface area contributed by atoms with Crippen molar-refractivity contribution in [3.63, 3.8) is 0 Å². The molecule has 0 bridgehead atoms. The zero-order chi connectivity index (χ0) is 14.9. The highest BCUT2D eigenvalue weighted by Crippen LogP contribution is 2.27. The van der Waals surface area contributed by atoms with Crippen LogP contribution in [-0.4, -0.2) is 31.3 Å². The first-order valence-corrected chi connectivity index (χ1v) is 6.16. The van der Waals surface area contributed by atoms with Crippen LogP contribution in [0.1, 0.15) is 39.5 Å². The van der Waals surface area contributed by atoms with Crippen LogP contribution in [0.2, 0.25) is 0 Å². The summed E-state index contributed by atoms with van der Waals surface area (Å²) in [5, 5.41) is 0. The summed E-state index contributed by atoms with van der Waals surface area (Å²) in [6.07, 6.45) is -6.04. The molecule has 0 aromatic rings. The third-order valence-corrected chi connectivity index (χ3v) is 2.36. The molecular formula is C12H19F3O4. The topological polar surface area (TPSA) is 52.6 Å². The van der Waals surface area contributed by atoms with Crippen LogP contribution in [0.5, 0.6) is 0 Å². The predicted octanol–water partition coefficient (Wildman–Crippen LogP) is 2.85. The summed E-state index contributed by atoms with van der Waals surface area (Å²) >= 11 is 0. The zero-order valence-electron chi connectivity index (χ0n) is 11.1. The molecule has 0 spiro atoms. The van der Waals surface area contributed by atoms with Crippen LogP contribution < -0.4 is 0 Å². The van der Waals surface area contributed by atoms with Gasteiger partial charge in [0.25, 0.3) is 0 Å². The Labute approximate surface area is 110 Å². The molecule has 0 aliphatic rings. The van der Waals surface area contributed by atoms with Crippen molar-refractivity contribution in [2.45, 2.75) is 45.7 Å². The summed E-state index contributed by atoms with van der Waals surface area (Å²) < 4.78 is 45.8. The molecule has 112 valence electrons. The van der Waals surface area contributed by atoms with Gasteiger partial charge in [-0.3, -0.25) is 9.59 Å². The molecule has 0 aliphatic heterocycles. The van der Waals surface area contributed by atoms with Gasteiger partial charge in [0.2, 0.25) is 0 Å². The van der Waals surface area contributed by atoms with Gasteiger partial charge in [0.15, 0.2) is 0 Å². The van der Waals surface area contributed by atoms with Crippen molar-refractivity contribution in [2.75, 3.05) is 13.2 Å². The summed E-state index contributed by atoms with van der Waals surface area (Å²) in [4.78, 5) is 22.5. The highest BCUT2D eigenvalue weighted by Gasteiger charge is 2.30. The van der Waals surface area contributed by atoms with E-state index in [0.29, 0.717) is 0 Å². The lowest BCUT2D eigenvalue weighted by atomic mass is 9.95. The molecule has 7 heteroatoms. The molecule has 4 nitrogen and oxygen atoms in total. The number of hydrogen-bond donors (Lipinski definition) is 0. The van der Waals surface area contributed by atoms with E-state index in [2.05, 4.69) is 9.47 Å². The molecule has 0 N–H and O–H groups in total. The first-order chi connectivity index (χ1) is 8.78. The Morgan fingerprint density at radius 2 is 1.42 bits per heavy atom. The van der Waals surface area contributed by atoms with Gasteiger partial charge in [-0.25, -0.2) is 0 Å². The van der Waals surface area contributed by atoms with Crippen molar-refractivity contribution in [3.05, 3.63) is 0 Å². The third-order valence-electron chi connectivity index (χ3n) is 2.36. The molecule has 0 atom stereocenters. The Hall–Kier alpha value is -1.27. The van der Waals surface area contributed by atoms with Crippen LogP contribution in [0.15, 0.2) is 0 Å². The Bertz CT molecular complexity index is 269. The highest BCUT2D eigenvalue weighted by atomic mass is 19.4. The number of halogens is 3. The smallest absolute Gasteiger partial charge is 0.389 e. The van der Waals surface area contributed by atoms with Crippen LogP contribution in [0, 0.1) is 5.92 Å². The number of rotatable bonds is 8. The lowest BCUT2D eigenvalue weighted by Gasteiger charge is -2.16. The predicted molar refractivity (Wildman–Crippen MR) is 61.3 cm³/mol. The summed E-state index contributed by atoms with van der Waals surface area (Å²) in [6, 6.07) is 0. The van der Waals surface area contributed by atoms with Gasteiger partial charge in [-0.1, -0.05) is 0 Å². The van der Waals surface area contributed by atoms with Crippen LogP contribution >= 0.6 is 0 Å². The van der Waals surface area contributed by atoms with E-state index in [9.17, 15) is 22.8 Å². The van der Waals surface area contributed by atoms with Gasteiger partial charge < -0.3 is 9.47 Å². The Balaban J connectivity index is 4.37. The fraction of sp³-hybridized carbons (Fsp3) is 0.833. The second-order valence-electron chi connectivity index (χ2n) is 4.04. The van der Waals surface area contributed by atoms with Crippen LogP contribution in [0.3, 0.4) is 0 Å². The SMILES string of the molecule is CCOC(=O)CC(CCC(F)(F)F)CC(=O)OCC. The fourth-order valence-electron chi connectivity index (χ4n) is 1.56.